The molecule has 1 atom stereocenters. The molecule has 0 saturated heterocycles. The minimum absolute atomic E-state index is 0.692. The van der Waals surface area contributed by atoms with Gasteiger partial charge in [0, 0.05) is 24.7 Å². The van der Waals surface area contributed by atoms with E-state index in [0.717, 1.165) is 25.4 Å². The van der Waals surface area contributed by atoms with Crippen molar-refractivity contribution in [1.82, 2.24) is 9.80 Å². The molecule has 3 nitrogen and oxygen atoms in total. The quantitative estimate of drug-likeness (QED) is 0.764. The Labute approximate surface area is 136 Å². The summed E-state index contributed by atoms with van der Waals surface area (Å²) in [5.74, 6) is 1.07. The lowest BCUT2D eigenvalue weighted by Crippen LogP contribution is -2.40. The van der Waals surface area contributed by atoms with E-state index in [1.54, 1.807) is 0 Å². The second-order valence-corrected chi connectivity index (χ2v) is 6.64. The highest BCUT2D eigenvalue weighted by Crippen LogP contribution is 2.31. The van der Waals surface area contributed by atoms with E-state index in [-0.39, 0.29) is 0 Å². The van der Waals surface area contributed by atoms with Crippen molar-refractivity contribution in [3.05, 3.63) is 28.8 Å². The van der Waals surface area contributed by atoms with Crippen LogP contribution in [0.2, 0.25) is 0 Å². The smallest absolute Gasteiger partial charge is 0.124 e. The summed E-state index contributed by atoms with van der Waals surface area (Å²) in [6.45, 7) is 10.6. The van der Waals surface area contributed by atoms with Gasteiger partial charge in [0.25, 0.3) is 0 Å². The molecule has 0 radical (unpaired) electrons. The lowest BCUT2D eigenvalue weighted by atomic mass is 9.90. The maximum Gasteiger partial charge on any atom is 0.124 e. The number of benzene rings is 1. The van der Waals surface area contributed by atoms with E-state index >= 15 is 0 Å². The summed E-state index contributed by atoms with van der Waals surface area (Å²) in [4.78, 5) is 4.86. The van der Waals surface area contributed by atoms with Gasteiger partial charge in [-0.15, -0.1) is 0 Å². The monoisotopic (exact) mass is 304 g/mol. The molecule has 1 aromatic carbocycles. The van der Waals surface area contributed by atoms with Crippen LogP contribution in [0.4, 0.5) is 0 Å². The van der Waals surface area contributed by atoms with Gasteiger partial charge in [0.15, 0.2) is 0 Å². The van der Waals surface area contributed by atoms with Crippen LogP contribution in [0, 0.1) is 0 Å². The molecule has 2 rings (SSSR count). The van der Waals surface area contributed by atoms with Crippen molar-refractivity contribution in [2.45, 2.75) is 59.2 Å². The van der Waals surface area contributed by atoms with Gasteiger partial charge in [0.05, 0.1) is 6.61 Å². The molecular formula is C19H32N2O. The molecule has 1 unspecified atom stereocenters. The summed E-state index contributed by atoms with van der Waals surface area (Å²) in [6, 6.07) is 5.39. The number of rotatable bonds is 7. The topological polar surface area (TPSA) is 15.7 Å². The molecule has 22 heavy (non-hydrogen) atoms. The summed E-state index contributed by atoms with van der Waals surface area (Å²) in [5, 5.41) is 0. The van der Waals surface area contributed by atoms with E-state index in [4.69, 9.17) is 4.74 Å². The van der Waals surface area contributed by atoms with E-state index in [2.05, 4.69) is 56.8 Å². The van der Waals surface area contributed by atoms with Crippen LogP contribution in [-0.4, -0.2) is 43.1 Å². The molecule has 0 fully saturated rings. The molecule has 1 aromatic rings. The van der Waals surface area contributed by atoms with Crippen LogP contribution in [-0.2, 0) is 19.5 Å². The average molecular weight is 304 g/mol. The average Bonchev–Trinajstić information content (AvgIpc) is 2.47. The molecule has 0 bridgehead atoms. The first-order valence-corrected chi connectivity index (χ1v) is 8.75. The molecule has 0 saturated carbocycles. The maximum absolute atomic E-state index is 5.91. The molecule has 124 valence electrons. The Kier molecular flexibility index (Phi) is 6.27. The molecule has 1 heterocycles. The summed E-state index contributed by atoms with van der Waals surface area (Å²) >= 11 is 0. The molecular weight excluding hydrogens is 272 g/mol. The first kappa shape index (κ1) is 17.3. The van der Waals surface area contributed by atoms with Crippen molar-refractivity contribution in [2.75, 3.05) is 27.2 Å². The molecule has 3 heteroatoms. The zero-order valence-corrected chi connectivity index (χ0v) is 15.0. The molecule has 0 N–H and O–H groups in total. The van der Waals surface area contributed by atoms with Crippen molar-refractivity contribution >= 4 is 0 Å². The van der Waals surface area contributed by atoms with Crippen LogP contribution in [0.15, 0.2) is 12.1 Å². The second kappa shape index (κ2) is 7.98. The Hall–Kier alpha value is -1.06. The largest absolute Gasteiger partial charge is 0.494 e. The minimum Gasteiger partial charge on any atom is -0.494 e. The Morgan fingerprint density at radius 3 is 2.55 bits per heavy atom. The van der Waals surface area contributed by atoms with Crippen molar-refractivity contribution in [1.29, 1.82) is 0 Å². The highest BCUT2D eigenvalue weighted by atomic mass is 16.5. The Balaban J connectivity index is 2.32. The van der Waals surface area contributed by atoms with Gasteiger partial charge in [-0.05, 0) is 64.0 Å². The van der Waals surface area contributed by atoms with Crippen molar-refractivity contribution in [3.8, 4) is 5.75 Å². The van der Waals surface area contributed by atoms with Crippen LogP contribution in [0.25, 0.3) is 0 Å². The fourth-order valence-corrected chi connectivity index (χ4v) is 3.49. The van der Waals surface area contributed by atoms with Crippen molar-refractivity contribution < 1.29 is 4.74 Å². The zero-order chi connectivity index (χ0) is 16.1. The van der Waals surface area contributed by atoms with Gasteiger partial charge in [-0.25, -0.2) is 0 Å². The van der Waals surface area contributed by atoms with E-state index < -0.39 is 0 Å². The molecule has 0 aromatic heterocycles. The summed E-state index contributed by atoms with van der Waals surface area (Å²) < 4.78 is 5.91. The number of hydrogen-bond acceptors (Lipinski definition) is 3. The fraction of sp³-hybridized carbons (Fsp3) is 0.684. The van der Waals surface area contributed by atoms with Gasteiger partial charge < -0.3 is 9.64 Å². The van der Waals surface area contributed by atoms with Gasteiger partial charge >= 0.3 is 0 Å². The molecule has 0 amide bonds. The fourth-order valence-electron chi connectivity index (χ4n) is 3.49. The van der Waals surface area contributed by atoms with Crippen LogP contribution >= 0.6 is 0 Å². The van der Waals surface area contributed by atoms with Gasteiger partial charge in [0.2, 0.25) is 0 Å². The van der Waals surface area contributed by atoms with E-state index in [0.29, 0.717) is 6.04 Å². The Bertz CT molecular complexity index is 485. The van der Waals surface area contributed by atoms with Crippen molar-refractivity contribution in [2.24, 2.45) is 0 Å². The molecule has 0 aliphatic carbocycles. The van der Waals surface area contributed by atoms with E-state index in [1.165, 1.54) is 42.5 Å². The van der Waals surface area contributed by atoms with E-state index in [9.17, 15) is 0 Å². The lowest BCUT2D eigenvalue weighted by Gasteiger charge is -2.37. The van der Waals surface area contributed by atoms with Gasteiger partial charge in [-0.1, -0.05) is 19.9 Å². The van der Waals surface area contributed by atoms with Crippen LogP contribution in [0.5, 0.6) is 5.75 Å². The molecule has 1 aliphatic heterocycles. The molecule has 0 spiro atoms. The third kappa shape index (κ3) is 4.02. The van der Waals surface area contributed by atoms with Gasteiger partial charge in [0.1, 0.15) is 5.75 Å². The third-order valence-electron chi connectivity index (χ3n) is 4.50. The summed E-state index contributed by atoms with van der Waals surface area (Å²) in [7, 11) is 4.24. The predicted molar refractivity (Wildman–Crippen MR) is 93.5 cm³/mol. The SMILES string of the molecule is CCCN1Cc2cc(OCC)c(CN(C)C)cc2CC1CC. The summed E-state index contributed by atoms with van der Waals surface area (Å²) in [5.41, 5.74) is 4.31. The Morgan fingerprint density at radius 2 is 1.95 bits per heavy atom. The Morgan fingerprint density at radius 1 is 1.18 bits per heavy atom. The van der Waals surface area contributed by atoms with Gasteiger partial charge in [-0.2, -0.15) is 0 Å². The van der Waals surface area contributed by atoms with Crippen molar-refractivity contribution in [3.63, 3.8) is 0 Å². The number of hydrogen-bond donors (Lipinski definition) is 0. The van der Waals surface area contributed by atoms with Crippen LogP contribution in [0.1, 0.15) is 50.3 Å². The first-order chi connectivity index (χ1) is 10.6. The lowest BCUT2D eigenvalue weighted by molar-refractivity contribution is 0.166. The summed E-state index contributed by atoms with van der Waals surface area (Å²) in [6.07, 6.45) is 3.64. The number of fused-ring (bicyclic) bond motifs is 1. The van der Waals surface area contributed by atoms with Crippen LogP contribution < -0.4 is 4.74 Å². The maximum atomic E-state index is 5.91. The standard InChI is InChI=1S/C19H32N2O/c1-6-9-21-14-16-12-19(22-8-3)17(13-20(4)5)10-15(16)11-18(21)7-2/h10,12,18H,6-9,11,13-14H2,1-5H3. The normalized spacial score (nSPS) is 18.5. The first-order valence-electron chi connectivity index (χ1n) is 8.75. The third-order valence-corrected chi connectivity index (χ3v) is 4.50. The van der Waals surface area contributed by atoms with E-state index in [1.807, 2.05) is 0 Å². The highest BCUT2D eigenvalue weighted by Gasteiger charge is 2.25. The zero-order valence-electron chi connectivity index (χ0n) is 15.0. The van der Waals surface area contributed by atoms with Crippen LogP contribution in [0.3, 0.4) is 0 Å². The highest BCUT2D eigenvalue weighted by molar-refractivity contribution is 5.44. The minimum atomic E-state index is 0.692. The van der Waals surface area contributed by atoms with Gasteiger partial charge in [-0.3, -0.25) is 4.90 Å². The molecule has 1 aliphatic rings. The second-order valence-electron chi connectivity index (χ2n) is 6.64. The number of nitrogens with zero attached hydrogens (tertiary/aromatic N) is 2. The predicted octanol–water partition coefficient (Wildman–Crippen LogP) is 3.69. The number of ether oxygens (including phenoxy) is 1.